The van der Waals surface area contributed by atoms with E-state index in [2.05, 4.69) is 15.6 Å². The number of piperidine rings is 1. The maximum absolute atomic E-state index is 12.7. The number of nitrogens with zero attached hydrogens (tertiary/aromatic N) is 1. The Labute approximate surface area is 126 Å². The van der Waals surface area contributed by atoms with Crippen molar-refractivity contribution in [1.82, 2.24) is 15.6 Å². The summed E-state index contributed by atoms with van der Waals surface area (Å²) in [6.45, 7) is 1.70. The zero-order chi connectivity index (χ0) is 16.0. The molecular weight excluding hydrogens is 299 g/mol. The van der Waals surface area contributed by atoms with E-state index in [1.54, 1.807) is 0 Å². The lowest BCUT2D eigenvalue weighted by Gasteiger charge is -2.21. The Kier molecular flexibility index (Phi) is 5.59. The molecule has 1 aliphatic heterocycles. The first-order valence-electron chi connectivity index (χ1n) is 7.12. The Morgan fingerprint density at radius 3 is 2.82 bits per heavy atom. The summed E-state index contributed by atoms with van der Waals surface area (Å²) < 4.78 is 43.2. The molecule has 0 bridgehead atoms. The van der Waals surface area contributed by atoms with Crippen LogP contribution in [0.2, 0.25) is 0 Å². The number of hydrogen-bond donors (Lipinski definition) is 2. The second-order valence-corrected chi connectivity index (χ2v) is 5.02. The van der Waals surface area contributed by atoms with Gasteiger partial charge in [-0.25, -0.2) is 4.98 Å². The van der Waals surface area contributed by atoms with Gasteiger partial charge in [0.15, 0.2) is 0 Å². The second-order valence-electron chi connectivity index (χ2n) is 5.02. The van der Waals surface area contributed by atoms with E-state index in [9.17, 15) is 18.0 Å². The minimum absolute atomic E-state index is 0.0400. The Morgan fingerprint density at radius 2 is 2.14 bits per heavy atom. The van der Waals surface area contributed by atoms with Gasteiger partial charge in [-0.2, -0.15) is 13.2 Å². The van der Waals surface area contributed by atoms with Crippen LogP contribution in [0.3, 0.4) is 0 Å². The third kappa shape index (κ3) is 4.59. The maximum atomic E-state index is 12.7. The topological polar surface area (TPSA) is 63.2 Å². The number of hydrogen-bond acceptors (Lipinski definition) is 4. The van der Waals surface area contributed by atoms with Gasteiger partial charge in [-0.3, -0.25) is 4.79 Å². The molecule has 2 heterocycles. The van der Waals surface area contributed by atoms with Gasteiger partial charge in [-0.05, 0) is 38.1 Å². The lowest BCUT2D eigenvalue weighted by Crippen LogP contribution is -2.39. The normalized spacial score (nSPS) is 16.3. The zero-order valence-electron chi connectivity index (χ0n) is 11.9. The smallest absolute Gasteiger partial charge is 0.421 e. The predicted octanol–water partition coefficient (Wildman–Crippen LogP) is 1.59. The van der Waals surface area contributed by atoms with Crippen LogP contribution in [0.4, 0.5) is 13.2 Å². The van der Waals surface area contributed by atoms with Crippen LogP contribution >= 0.6 is 0 Å². The number of rotatable bonds is 5. The largest absolute Gasteiger partial charge is 0.475 e. The number of aromatic nitrogens is 1. The molecule has 0 unspecified atom stereocenters. The van der Waals surface area contributed by atoms with Gasteiger partial charge >= 0.3 is 6.18 Å². The minimum Gasteiger partial charge on any atom is -0.475 e. The highest BCUT2D eigenvalue weighted by Gasteiger charge is 2.35. The van der Waals surface area contributed by atoms with E-state index in [-0.39, 0.29) is 25.0 Å². The summed E-state index contributed by atoms with van der Waals surface area (Å²) in [5.41, 5.74) is -0.917. The molecule has 5 nitrogen and oxygen atoms in total. The van der Waals surface area contributed by atoms with E-state index in [1.807, 2.05) is 0 Å². The molecule has 122 valence electrons. The van der Waals surface area contributed by atoms with Crippen molar-refractivity contribution in [2.45, 2.75) is 19.0 Å². The number of pyridine rings is 1. The van der Waals surface area contributed by atoms with Crippen molar-refractivity contribution in [3.05, 3.63) is 23.9 Å². The maximum Gasteiger partial charge on any atom is 0.421 e. The molecule has 1 aromatic heterocycles. The van der Waals surface area contributed by atoms with Crippen LogP contribution in [0.1, 0.15) is 18.4 Å². The van der Waals surface area contributed by atoms with Gasteiger partial charge in [0.25, 0.3) is 0 Å². The summed E-state index contributed by atoms with van der Waals surface area (Å²) in [6, 6.07) is 2.12. The molecule has 1 amide bonds. The molecule has 0 spiro atoms. The monoisotopic (exact) mass is 317 g/mol. The van der Waals surface area contributed by atoms with Gasteiger partial charge in [0.05, 0.1) is 6.54 Å². The predicted molar refractivity (Wildman–Crippen MR) is 73.3 cm³/mol. The van der Waals surface area contributed by atoms with Gasteiger partial charge in [0, 0.05) is 12.1 Å². The molecule has 1 aromatic rings. The van der Waals surface area contributed by atoms with Crippen LogP contribution in [-0.2, 0) is 11.0 Å². The summed E-state index contributed by atoms with van der Waals surface area (Å²) in [4.78, 5) is 15.4. The molecule has 0 aliphatic carbocycles. The van der Waals surface area contributed by atoms with E-state index < -0.39 is 17.6 Å². The summed E-state index contributed by atoms with van der Waals surface area (Å²) >= 11 is 0. The summed E-state index contributed by atoms with van der Waals surface area (Å²) in [7, 11) is 0. The third-order valence-electron chi connectivity index (χ3n) is 3.43. The van der Waals surface area contributed by atoms with E-state index >= 15 is 0 Å². The number of ether oxygens (including phenoxy) is 1. The first kappa shape index (κ1) is 16.5. The molecule has 8 heteroatoms. The molecule has 0 saturated carbocycles. The fourth-order valence-corrected chi connectivity index (χ4v) is 2.27. The quantitative estimate of drug-likeness (QED) is 0.810. The van der Waals surface area contributed by atoms with E-state index in [0.717, 1.165) is 32.0 Å². The number of nitrogens with one attached hydrogen (secondary N) is 2. The van der Waals surface area contributed by atoms with Crippen LogP contribution in [0, 0.1) is 5.92 Å². The molecule has 1 fully saturated rings. The van der Waals surface area contributed by atoms with Crippen LogP contribution in [0.15, 0.2) is 18.3 Å². The van der Waals surface area contributed by atoms with Crippen LogP contribution in [0.5, 0.6) is 5.88 Å². The zero-order valence-corrected chi connectivity index (χ0v) is 11.9. The van der Waals surface area contributed by atoms with Crippen LogP contribution < -0.4 is 15.4 Å². The third-order valence-corrected chi connectivity index (χ3v) is 3.43. The van der Waals surface area contributed by atoms with Crippen molar-refractivity contribution in [2.75, 3.05) is 26.2 Å². The van der Waals surface area contributed by atoms with Gasteiger partial charge in [-0.15, -0.1) is 0 Å². The first-order valence-corrected chi connectivity index (χ1v) is 7.12. The lowest BCUT2D eigenvalue weighted by atomic mass is 9.97. The number of halogens is 3. The van der Waals surface area contributed by atoms with Crippen LogP contribution in [-0.4, -0.2) is 37.1 Å². The Bertz CT molecular complexity index is 502. The molecule has 0 radical (unpaired) electrons. The highest BCUT2D eigenvalue weighted by molar-refractivity contribution is 5.78. The van der Waals surface area contributed by atoms with E-state index in [0.29, 0.717) is 0 Å². The SMILES string of the molecule is O=C(NCCOc1ncccc1C(F)(F)F)C1CCNCC1. The molecule has 1 aliphatic rings. The minimum atomic E-state index is -4.51. The van der Waals surface area contributed by atoms with Crippen molar-refractivity contribution in [1.29, 1.82) is 0 Å². The second kappa shape index (κ2) is 7.44. The molecule has 2 N–H and O–H groups in total. The van der Waals surface area contributed by atoms with Gasteiger partial charge in [0.1, 0.15) is 12.2 Å². The fraction of sp³-hybridized carbons (Fsp3) is 0.571. The molecular formula is C14H18F3N3O2. The Balaban J connectivity index is 1.78. The molecule has 0 atom stereocenters. The lowest BCUT2D eigenvalue weighted by molar-refractivity contribution is -0.139. The van der Waals surface area contributed by atoms with Crippen LogP contribution in [0.25, 0.3) is 0 Å². The summed E-state index contributed by atoms with van der Waals surface area (Å²) in [5, 5.41) is 5.84. The number of amides is 1. The number of carbonyl (C=O) groups is 1. The Hall–Kier alpha value is -1.83. The van der Waals surface area contributed by atoms with E-state index in [4.69, 9.17) is 4.74 Å². The average molecular weight is 317 g/mol. The van der Waals surface area contributed by atoms with Gasteiger partial charge < -0.3 is 15.4 Å². The Morgan fingerprint density at radius 1 is 1.41 bits per heavy atom. The molecule has 2 rings (SSSR count). The first-order chi connectivity index (χ1) is 10.5. The highest BCUT2D eigenvalue weighted by Crippen LogP contribution is 2.34. The molecule has 1 saturated heterocycles. The summed E-state index contributed by atoms with van der Waals surface area (Å²) in [6.07, 6.45) is -1.74. The van der Waals surface area contributed by atoms with E-state index in [1.165, 1.54) is 12.3 Å². The summed E-state index contributed by atoms with van der Waals surface area (Å²) in [5.74, 6) is -0.588. The van der Waals surface area contributed by atoms with Gasteiger partial charge in [-0.1, -0.05) is 0 Å². The van der Waals surface area contributed by atoms with Crippen molar-refractivity contribution in [3.8, 4) is 5.88 Å². The average Bonchev–Trinajstić information content (AvgIpc) is 2.51. The molecule has 0 aromatic carbocycles. The van der Waals surface area contributed by atoms with Crippen molar-refractivity contribution in [3.63, 3.8) is 0 Å². The number of alkyl halides is 3. The standard InChI is InChI=1S/C14H18F3N3O2/c15-14(16,17)11-2-1-5-20-13(11)22-9-8-19-12(21)10-3-6-18-7-4-10/h1-2,5,10,18H,3-4,6-9H2,(H,19,21). The van der Waals surface area contributed by atoms with Gasteiger partial charge in [0.2, 0.25) is 11.8 Å². The fourth-order valence-electron chi connectivity index (χ4n) is 2.27. The van der Waals surface area contributed by atoms with Crippen molar-refractivity contribution < 1.29 is 22.7 Å². The number of carbonyl (C=O) groups excluding carboxylic acids is 1. The highest BCUT2D eigenvalue weighted by atomic mass is 19.4. The molecule has 22 heavy (non-hydrogen) atoms. The van der Waals surface area contributed by atoms with Crippen molar-refractivity contribution in [2.24, 2.45) is 5.92 Å². The van der Waals surface area contributed by atoms with Crippen molar-refractivity contribution >= 4 is 5.91 Å².